The third-order valence-electron chi connectivity index (χ3n) is 1.70. The van der Waals surface area contributed by atoms with Crippen LogP contribution in [0.15, 0.2) is 5.51 Å². The van der Waals surface area contributed by atoms with Gasteiger partial charge in [-0.15, -0.1) is 11.3 Å². The number of aryl methyl sites for hydroxylation is 1. The molecule has 72 valence electrons. The number of hydrogen-bond donors (Lipinski definition) is 2. The Morgan fingerprint density at radius 3 is 2.92 bits per heavy atom. The molecular formula is C8H14N4S. The molecule has 5 heteroatoms. The summed E-state index contributed by atoms with van der Waals surface area (Å²) in [6.45, 7) is 3.32. The predicted octanol–water partition coefficient (Wildman–Crippen LogP) is 0.819. The first-order chi connectivity index (χ1) is 6.09. The summed E-state index contributed by atoms with van der Waals surface area (Å²) in [5.74, 6) is 0.199. The molecule has 0 aliphatic rings. The number of likely N-dealkylation sites (N-methyl/N-ethyl adjacent to an activating group) is 1. The summed E-state index contributed by atoms with van der Waals surface area (Å²) in [5, 5.41) is 7.13. The van der Waals surface area contributed by atoms with E-state index in [-0.39, 0.29) is 5.84 Å². The Morgan fingerprint density at radius 2 is 2.46 bits per heavy atom. The number of amidine groups is 1. The van der Waals surface area contributed by atoms with Gasteiger partial charge in [0.25, 0.3) is 0 Å². The Balaban J connectivity index is 2.49. The van der Waals surface area contributed by atoms with Gasteiger partial charge < -0.3 is 5.73 Å². The Kier molecular flexibility index (Phi) is 3.39. The number of rotatable bonds is 4. The number of aromatic nitrogens is 1. The fourth-order valence-electron chi connectivity index (χ4n) is 1.07. The Hall–Kier alpha value is -0.940. The summed E-state index contributed by atoms with van der Waals surface area (Å²) in [6, 6.07) is 0. The van der Waals surface area contributed by atoms with Gasteiger partial charge in [0.1, 0.15) is 5.84 Å². The fourth-order valence-corrected chi connectivity index (χ4v) is 1.93. The minimum atomic E-state index is 0.199. The van der Waals surface area contributed by atoms with Crippen molar-refractivity contribution in [2.75, 3.05) is 13.6 Å². The molecular weight excluding hydrogens is 184 g/mol. The van der Waals surface area contributed by atoms with Gasteiger partial charge in [-0.05, 0) is 14.0 Å². The standard InChI is InChI=1S/C8H14N4S/c1-6-7(13-5-11-6)3-12(2)4-8(9)10/h5H,3-4H2,1-2H3,(H3,9,10). The lowest BCUT2D eigenvalue weighted by atomic mass is 10.3. The summed E-state index contributed by atoms with van der Waals surface area (Å²) < 4.78 is 0. The third kappa shape index (κ3) is 3.12. The van der Waals surface area contributed by atoms with Crippen LogP contribution >= 0.6 is 11.3 Å². The maximum atomic E-state index is 7.13. The van der Waals surface area contributed by atoms with Crippen molar-refractivity contribution in [3.05, 3.63) is 16.1 Å². The minimum absolute atomic E-state index is 0.199. The SMILES string of the molecule is Cc1ncsc1CN(C)CC(=N)N. The summed E-state index contributed by atoms with van der Waals surface area (Å²) >= 11 is 1.64. The molecule has 1 rings (SSSR count). The van der Waals surface area contributed by atoms with Crippen molar-refractivity contribution in [2.24, 2.45) is 5.73 Å². The number of hydrogen-bond acceptors (Lipinski definition) is 4. The van der Waals surface area contributed by atoms with Crippen molar-refractivity contribution in [3.63, 3.8) is 0 Å². The average Bonchev–Trinajstić information content (AvgIpc) is 2.34. The van der Waals surface area contributed by atoms with E-state index in [2.05, 4.69) is 4.98 Å². The van der Waals surface area contributed by atoms with E-state index in [9.17, 15) is 0 Å². The van der Waals surface area contributed by atoms with Crippen molar-refractivity contribution >= 4 is 17.2 Å². The van der Waals surface area contributed by atoms with Crippen LogP contribution < -0.4 is 5.73 Å². The van der Waals surface area contributed by atoms with Gasteiger partial charge in [-0.25, -0.2) is 4.98 Å². The first-order valence-corrected chi connectivity index (χ1v) is 4.88. The molecule has 13 heavy (non-hydrogen) atoms. The molecule has 0 aliphatic carbocycles. The average molecular weight is 198 g/mol. The van der Waals surface area contributed by atoms with Gasteiger partial charge in [0.05, 0.1) is 17.7 Å². The van der Waals surface area contributed by atoms with E-state index in [1.807, 2.05) is 24.4 Å². The van der Waals surface area contributed by atoms with Crippen LogP contribution in [0.2, 0.25) is 0 Å². The van der Waals surface area contributed by atoms with Crippen LogP contribution in [0.5, 0.6) is 0 Å². The highest BCUT2D eigenvalue weighted by Gasteiger charge is 2.05. The molecule has 0 radical (unpaired) electrons. The van der Waals surface area contributed by atoms with E-state index >= 15 is 0 Å². The summed E-state index contributed by atoms with van der Waals surface area (Å²) in [5.41, 5.74) is 8.20. The largest absolute Gasteiger partial charge is 0.387 e. The zero-order chi connectivity index (χ0) is 9.84. The number of thiazole rings is 1. The molecule has 1 aromatic rings. The van der Waals surface area contributed by atoms with Gasteiger partial charge in [-0.2, -0.15) is 0 Å². The lowest BCUT2D eigenvalue weighted by molar-refractivity contribution is 0.375. The summed E-state index contributed by atoms with van der Waals surface area (Å²) in [6.07, 6.45) is 0. The molecule has 4 nitrogen and oxygen atoms in total. The molecule has 0 aliphatic heterocycles. The molecule has 0 saturated heterocycles. The van der Waals surface area contributed by atoms with Gasteiger partial charge in [-0.1, -0.05) is 0 Å². The van der Waals surface area contributed by atoms with E-state index in [4.69, 9.17) is 11.1 Å². The Labute approximate surface area is 81.9 Å². The smallest absolute Gasteiger partial charge is 0.105 e. The Morgan fingerprint density at radius 1 is 1.77 bits per heavy atom. The van der Waals surface area contributed by atoms with Crippen LogP contribution in [-0.4, -0.2) is 29.3 Å². The molecule has 0 saturated carbocycles. The normalized spacial score (nSPS) is 10.7. The predicted molar refractivity (Wildman–Crippen MR) is 55.1 cm³/mol. The lowest BCUT2D eigenvalue weighted by Crippen LogP contribution is -2.29. The third-order valence-corrected chi connectivity index (χ3v) is 2.62. The molecule has 0 aromatic carbocycles. The second kappa shape index (κ2) is 4.34. The van der Waals surface area contributed by atoms with Crippen LogP contribution in [-0.2, 0) is 6.54 Å². The van der Waals surface area contributed by atoms with Crippen molar-refractivity contribution in [1.29, 1.82) is 5.41 Å². The monoisotopic (exact) mass is 198 g/mol. The van der Waals surface area contributed by atoms with Crippen LogP contribution in [0.1, 0.15) is 10.6 Å². The Bertz CT molecular complexity index is 294. The molecule has 1 heterocycles. The second-order valence-electron chi connectivity index (χ2n) is 3.06. The van der Waals surface area contributed by atoms with E-state index in [1.165, 1.54) is 4.88 Å². The minimum Gasteiger partial charge on any atom is -0.387 e. The lowest BCUT2D eigenvalue weighted by Gasteiger charge is -2.14. The second-order valence-corrected chi connectivity index (χ2v) is 4.00. The van der Waals surface area contributed by atoms with Crippen molar-refractivity contribution in [1.82, 2.24) is 9.88 Å². The van der Waals surface area contributed by atoms with E-state index in [0.717, 1.165) is 12.2 Å². The highest BCUT2D eigenvalue weighted by Crippen LogP contribution is 2.13. The topological polar surface area (TPSA) is 66.0 Å². The van der Waals surface area contributed by atoms with E-state index < -0.39 is 0 Å². The van der Waals surface area contributed by atoms with Crippen LogP contribution in [0, 0.1) is 12.3 Å². The highest BCUT2D eigenvalue weighted by molar-refractivity contribution is 7.09. The molecule has 0 atom stereocenters. The van der Waals surface area contributed by atoms with Crippen LogP contribution in [0.25, 0.3) is 0 Å². The van der Waals surface area contributed by atoms with E-state index in [0.29, 0.717) is 6.54 Å². The number of nitrogens with two attached hydrogens (primary N) is 1. The maximum Gasteiger partial charge on any atom is 0.105 e. The maximum absolute atomic E-state index is 7.13. The first-order valence-electron chi connectivity index (χ1n) is 4.00. The van der Waals surface area contributed by atoms with Crippen LogP contribution in [0.4, 0.5) is 0 Å². The van der Waals surface area contributed by atoms with Crippen LogP contribution in [0.3, 0.4) is 0 Å². The molecule has 3 N–H and O–H groups in total. The first kappa shape index (κ1) is 10.1. The van der Waals surface area contributed by atoms with E-state index in [1.54, 1.807) is 11.3 Å². The van der Waals surface area contributed by atoms with Gasteiger partial charge in [0.15, 0.2) is 0 Å². The quantitative estimate of drug-likeness (QED) is 0.556. The van der Waals surface area contributed by atoms with Gasteiger partial charge >= 0.3 is 0 Å². The zero-order valence-corrected chi connectivity index (χ0v) is 8.69. The summed E-state index contributed by atoms with van der Waals surface area (Å²) in [7, 11) is 1.94. The molecule has 0 spiro atoms. The highest BCUT2D eigenvalue weighted by atomic mass is 32.1. The van der Waals surface area contributed by atoms with Gasteiger partial charge in [0, 0.05) is 11.4 Å². The fraction of sp³-hybridized carbons (Fsp3) is 0.500. The van der Waals surface area contributed by atoms with Gasteiger partial charge in [0.2, 0.25) is 0 Å². The van der Waals surface area contributed by atoms with Crippen molar-refractivity contribution < 1.29 is 0 Å². The summed E-state index contributed by atoms with van der Waals surface area (Å²) in [4.78, 5) is 7.40. The van der Waals surface area contributed by atoms with Crippen molar-refractivity contribution in [2.45, 2.75) is 13.5 Å². The molecule has 1 aromatic heterocycles. The molecule has 0 fully saturated rings. The van der Waals surface area contributed by atoms with Gasteiger partial charge in [-0.3, -0.25) is 10.3 Å². The number of nitrogens with one attached hydrogen (secondary N) is 1. The van der Waals surface area contributed by atoms with Crippen molar-refractivity contribution in [3.8, 4) is 0 Å². The molecule has 0 amide bonds. The zero-order valence-electron chi connectivity index (χ0n) is 7.87. The number of nitrogens with zero attached hydrogens (tertiary/aromatic N) is 2. The molecule has 0 unspecified atom stereocenters. The molecule has 0 bridgehead atoms.